The highest BCUT2D eigenvalue weighted by molar-refractivity contribution is 5.81. The summed E-state index contributed by atoms with van der Waals surface area (Å²) in [7, 11) is 0. The predicted octanol–water partition coefficient (Wildman–Crippen LogP) is 2.92. The molecule has 2 aromatic carbocycles. The fourth-order valence-corrected chi connectivity index (χ4v) is 3.08. The number of hydrogen-bond acceptors (Lipinski definition) is 8. The van der Waals surface area contributed by atoms with Gasteiger partial charge in [0.2, 0.25) is 0 Å². The lowest BCUT2D eigenvalue weighted by Crippen LogP contribution is -2.33. The second kappa shape index (κ2) is 13.3. The van der Waals surface area contributed by atoms with Crippen molar-refractivity contribution >= 4 is 11.9 Å². The zero-order chi connectivity index (χ0) is 25.8. The van der Waals surface area contributed by atoms with E-state index in [0.29, 0.717) is 11.5 Å². The van der Waals surface area contributed by atoms with Crippen molar-refractivity contribution in [2.24, 2.45) is 5.73 Å². The van der Waals surface area contributed by atoms with Crippen molar-refractivity contribution in [1.82, 2.24) is 0 Å². The van der Waals surface area contributed by atoms with E-state index in [-0.39, 0.29) is 31.8 Å². The number of benzene rings is 2. The van der Waals surface area contributed by atoms with Crippen molar-refractivity contribution in [3.63, 3.8) is 0 Å². The maximum atomic E-state index is 11.1. The SMILES string of the molecule is C=CC(=O)OCC(N)COc1ccc(C(C)(C)c2ccc(OCC(O)COC(=O)C=C)cc2)cc1. The van der Waals surface area contributed by atoms with Gasteiger partial charge in [-0.15, -0.1) is 0 Å². The highest BCUT2D eigenvalue weighted by Gasteiger charge is 2.23. The molecule has 188 valence electrons. The molecule has 3 N–H and O–H groups in total. The summed E-state index contributed by atoms with van der Waals surface area (Å²) in [5.41, 5.74) is 7.77. The molecule has 0 aliphatic rings. The Hall–Kier alpha value is -3.62. The molecular formula is C27H33NO7. The second-order valence-electron chi connectivity index (χ2n) is 8.38. The van der Waals surface area contributed by atoms with Crippen LogP contribution in [0.4, 0.5) is 0 Å². The fourth-order valence-electron chi connectivity index (χ4n) is 3.08. The molecule has 0 fully saturated rings. The van der Waals surface area contributed by atoms with Crippen LogP contribution in [0.1, 0.15) is 25.0 Å². The maximum absolute atomic E-state index is 11.1. The zero-order valence-corrected chi connectivity index (χ0v) is 20.1. The summed E-state index contributed by atoms with van der Waals surface area (Å²) in [6.45, 7) is 11.0. The average Bonchev–Trinajstić information content (AvgIpc) is 2.88. The molecule has 2 unspecified atom stereocenters. The summed E-state index contributed by atoms with van der Waals surface area (Å²) in [4.78, 5) is 22.1. The van der Waals surface area contributed by atoms with Crippen LogP contribution in [0.15, 0.2) is 73.8 Å². The van der Waals surface area contributed by atoms with Crippen LogP contribution in [0.25, 0.3) is 0 Å². The molecular weight excluding hydrogens is 450 g/mol. The van der Waals surface area contributed by atoms with Gasteiger partial charge in [0.1, 0.15) is 44.0 Å². The van der Waals surface area contributed by atoms with Crippen molar-refractivity contribution in [2.75, 3.05) is 26.4 Å². The first-order valence-corrected chi connectivity index (χ1v) is 11.1. The molecule has 0 aliphatic carbocycles. The number of ether oxygens (including phenoxy) is 4. The molecule has 8 heteroatoms. The van der Waals surface area contributed by atoms with E-state index in [9.17, 15) is 14.7 Å². The van der Waals surface area contributed by atoms with Crippen molar-refractivity contribution in [2.45, 2.75) is 31.4 Å². The third-order valence-corrected chi connectivity index (χ3v) is 5.25. The number of carbonyl (C=O) groups excluding carboxylic acids is 2. The average molecular weight is 484 g/mol. The van der Waals surface area contributed by atoms with E-state index >= 15 is 0 Å². The standard InChI is InChI=1S/C27H33NO7/c1-5-25(30)34-16-21(28)15-32-23-11-7-19(8-12-23)27(3,4)20-9-13-24(14-10-20)33-17-22(29)18-35-26(31)6-2/h5-14,21-22,29H,1-2,15-18,28H2,3-4H3. The summed E-state index contributed by atoms with van der Waals surface area (Å²) in [5.74, 6) is 0.148. The second-order valence-corrected chi connectivity index (χ2v) is 8.38. The molecule has 0 saturated heterocycles. The van der Waals surface area contributed by atoms with Crippen LogP contribution in [0.3, 0.4) is 0 Å². The molecule has 0 aliphatic heterocycles. The number of rotatable bonds is 14. The molecule has 2 atom stereocenters. The van der Waals surface area contributed by atoms with Crippen LogP contribution in [0, 0.1) is 0 Å². The first-order chi connectivity index (χ1) is 16.6. The van der Waals surface area contributed by atoms with Crippen molar-refractivity contribution in [3.05, 3.63) is 85.0 Å². The fraction of sp³-hybridized carbons (Fsp3) is 0.333. The summed E-state index contributed by atoms with van der Waals surface area (Å²) in [6, 6.07) is 14.9. The third kappa shape index (κ3) is 8.92. The topological polar surface area (TPSA) is 117 Å². The van der Waals surface area contributed by atoms with Gasteiger partial charge in [0, 0.05) is 17.6 Å². The largest absolute Gasteiger partial charge is 0.492 e. The van der Waals surface area contributed by atoms with Gasteiger partial charge in [0.05, 0.1) is 6.04 Å². The number of aliphatic hydroxyl groups is 1. The van der Waals surface area contributed by atoms with Crippen molar-refractivity contribution < 1.29 is 33.6 Å². The summed E-state index contributed by atoms with van der Waals surface area (Å²) in [5, 5.41) is 9.86. The van der Waals surface area contributed by atoms with Gasteiger partial charge in [0.15, 0.2) is 0 Å². The Morgan fingerprint density at radius 1 is 0.829 bits per heavy atom. The van der Waals surface area contributed by atoms with Gasteiger partial charge >= 0.3 is 11.9 Å². The normalized spacial score (nSPS) is 12.7. The summed E-state index contributed by atoms with van der Waals surface area (Å²) in [6.07, 6.45) is 1.19. The van der Waals surface area contributed by atoms with Gasteiger partial charge in [-0.1, -0.05) is 51.3 Å². The Labute approximate surface area is 205 Å². The lowest BCUT2D eigenvalue weighted by molar-refractivity contribution is -0.141. The molecule has 2 rings (SSSR count). The predicted molar refractivity (Wildman–Crippen MR) is 132 cm³/mol. The van der Waals surface area contributed by atoms with Crippen molar-refractivity contribution in [3.8, 4) is 11.5 Å². The molecule has 8 nitrogen and oxygen atoms in total. The lowest BCUT2D eigenvalue weighted by Gasteiger charge is -2.26. The molecule has 0 bridgehead atoms. The highest BCUT2D eigenvalue weighted by Crippen LogP contribution is 2.33. The minimum atomic E-state index is -0.938. The first-order valence-electron chi connectivity index (χ1n) is 11.1. The maximum Gasteiger partial charge on any atom is 0.330 e. The molecule has 0 amide bonds. The number of aliphatic hydroxyl groups excluding tert-OH is 1. The van der Waals surface area contributed by atoms with Crippen molar-refractivity contribution in [1.29, 1.82) is 0 Å². The molecule has 0 aromatic heterocycles. The Morgan fingerprint density at radius 3 is 1.71 bits per heavy atom. The van der Waals surface area contributed by atoms with E-state index in [4.69, 9.17) is 24.7 Å². The van der Waals surface area contributed by atoms with Gasteiger partial charge in [-0.05, 0) is 35.4 Å². The molecule has 2 aromatic rings. The van der Waals surface area contributed by atoms with Crippen LogP contribution < -0.4 is 15.2 Å². The van der Waals surface area contributed by atoms with Crippen LogP contribution in [0.5, 0.6) is 11.5 Å². The highest BCUT2D eigenvalue weighted by atomic mass is 16.5. The minimum Gasteiger partial charge on any atom is -0.492 e. The van der Waals surface area contributed by atoms with Crippen LogP contribution >= 0.6 is 0 Å². The van der Waals surface area contributed by atoms with E-state index in [1.165, 1.54) is 0 Å². The Kier molecular flexibility index (Phi) is 10.5. The molecule has 0 radical (unpaired) electrons. The zero-order valence-electron chi connectivity index (χ0n) is 20.1. The summed E-state index contributed by atoms with van der Waals surface area (Å²) >= 11 is 0. The van der Waals surface area contributed by atoms with Gasteiger partial charge < -0.3 is 29.8 Å². The number of hydrogen-bond donors (Lipinski definition) is 2. The molecule has 0 saturated carbocycles. The van der Waals surface area contributed by atoms with Crippen LogP contribution in [-0.2, 0) is 24.5 Å². The molecule has 0 spiro atoms. The Morgan fingerprint density at radius 2 is 1.26 bits per heavy atom. The third-order valence-electron chi connectivity index (χ3n) is 5.25. The Balaban J connectivity index is 1.89. The van der Waals surface area contributed by atoms with E-state index in [1.807, 2.05) is 48.5 Å². The quantitative estimate of drug-likeness (QED) is 0.311. The molecule has 0 heterocycles. The monoisotopic (exact) mass is 483 g/mol. The van der Waals surface area contributed by atoms with E-state index in [0.717, 1.165) is 23.3 Å². The van der Waals surface area contributed by atoms with E-state index < -0.39 is 24.1 Å². The number of carbonyl (C=O) groups is 2. The van der Waals surface area contributed by atoms with Crippen LogP contribution in [-0.4, -0.2) is 55.6 Å². The van der Waals surface area contributed by atoms with E-state index in [2.05, 4.69) is 27.0 Å². The number of nitrogens with two attached hydrogens (primary N) is 1. The van der Waals surface area contributed by atoms with Gasteiger partial charge in [-0.3, -0.25) is 0 Å². The minimum absolute atomic E-state index is 0.00499. The Bertz CT molecular complexity index is 904. The number of esters is 2. The summed E-state index contributed by atoms with van der Waals surface area (Å²) < 4.78 is 21.0. The molecule has 35 heavy (non-hydrogen) atoms. The van der Waals surface area contributed by atoms with Gasteiger partial charge in [-0.25, -0.2) is 9.59 Å². The van der Waals surface area contributed by atoms with Gasteiger partial charge in [-0.2, -0.15) is 0 Å². The lowest BCUT2D eigenvalue weighted by atomic mass is 9.78. The first kappa shape index (κ1) is 27.6. The van der Waals surface area contributed by atoms with Gasteiger partial charge in [0.25, 0.3) is 0 Å². The smallest absolute Gasteiger partial charge is 0.330 e. The van der Waals surface area contributed by atoms with Crippen LogP contribution in [0.2, 0.25) is 0 Å². The van der Waals surface area contributed by atoms with E-state index in [1.54, 1.807) is 0 Å².